The topological polar surface area (TPSA) is 54.4 Å². The van der Waals surface area contributed by atoms with Crippen molar-refractivity contribution in [3.63, 3.8) is 0 Å². The van der Waals surface area contributed by atoms with E-state index >= 15 is 0 Å². The van der Waals surface area contributed by atoms with Crippen LogP contribution < -0.4 is 0 Å². The summed E-state index contributed by atoms with van der Waals surface area (Å²) in [6, 6.07) is 8.76. The molecule has 4 heteroatoms. The number of benzene rings is 1. The molecule has 68 valence electrons. The molecule has 1 aromatic carbocycles. The van der Waals surface area contributed by atoms with E-state index in [9.17, 15) is 9.59 Å². The zero-order valence-electron chi connectivity index (χ0n) is 6.77. The molecule has 0 aromatic heterocycles. The van der Waals surface area contributed by atoms with Crippen LogP contribution in [-0.2, 0) is 4.79 Å². The van der Waals surface area contributed by atoms with Gasteiger partial charge in [-0.3, -0.25) is 0 Å². The van der Waals surface area contributed by atoms with E-state index in [0.717, 1.165) is 0 Å². The van der Waals surface area contributed by atoms with E-state index in [2.05, 4.69) is 0 Å². The Morgan fingerprint density at radius 3 is 2.38 bits per heavy atom. The van der Waals surface area contributed by atoms with Crippen LogP contribution in [0.4, 0.5) is 0 Å². The zero-order chi connectivity index (χ0) is 9.68. The molecule has 0 saturated carbocycles. The molecular weight excluding hydrogens is 235 g/mol. The molecule has 1 rings (SSSR count). The Hall–Kier alpha value is -1.12. The van der Waals surface area contributed by atoms with Gasteiger partial charge in [0.2, 0.25) is 0 Å². The fourth-order valence-electron chi connectivity index (χ4n) is 0.785. The van der Waals surface area contributed by atoms with Gasteiger partial charge in [0.1, 0.15) is 0 Å². The summed E-state index contributed by atoms with van der Waals surface area (Å²) in [5.74, 6) is -0.913. The summed E-state index contributed by atoms with van der Waals surface area (Å²) in [5.41, 5.74) is 0.601. The number of carboxylic acids is 1. The minimum absolute atomic E-state index is 0.0409. The van der Waals surface area contributed by atoms with Crippen molar-refractivity contribution in [3.05, 3.63) is 35.9 Å². The number of rotatable bonds is 4. The third-order valence-electron chi connectivity index (χ3n) is 1.34. The van der Waals surface area contributed by atoms with Gasteiger partial charge in [-0.15, -0.1) is 0 Å². The first kappa shape index (κ1) is 9.96. The molecule has 0 bridgehead atoms. The predicted octanol–water partition coefficient (Wildman–Crippen LogP) is 1.03. The fourth-order valence-corrected chi connectivity index (χ4v) is 1.95. The summed E-state index contributed by atoms with van der Waals surface area (Å²) in [7, 11) is 0. The molecule has 0 aliphatic carbocycles. The van der Waals surface area contributed by atoms with Gasteiger partial charge < -0.3 is 0 Å². The number of hydrogen-bond acceptors (Lipinski definition) is 2. The van der Waals surface area contributed by atoms with Gasteiger partial charge in [-0.05, 0) is 0 Å². The number of carbonyl (C=O) groups is 2. The van der Waals surface area contributed by atoms with Crippen LogP contribution in [0.15, 0.2) is 30.3 Å². The van der Waals surface area contributed by atoms with Crippen molar-refractivity contribution in [1.82, 2.24) is 0 Å². The van der Waals surface area contributed by atoms with Gasteiger partial charge in [-0.25, -0.2) is 0 Å². The summed E-state index contributed by atoms with van der Waals surface area (Å²) in [4.78, 5) is 21.5. The van der Waals surface area contributed by atoms with Crippen LogP contribution in [0.5, 0.6) is 0 Å². The molecule has 3 nitrogen and oxygen atoms in total. The Kier molecular flexibility index (Phi) is 3.68. The monoisotopic (exact) mass is 244 g/mol. The molecule has 0 fully saturated rings. The molecule has 0 saturated heterocycles. The van der Waals surface area contributed by atoms with E-state index in [1.54, 1.807) is 24.3 Å². The first-order valence-electron chi connectivity index (χ1n) is 3.64. The molecule has 0 amide bonds. The molecule has 0 unspecified atom stereocenters. The number of aliphatic carboxylic acids is 1. The van der Waals surface area contributed by atoms with Crippen molar-refractivity contribution >= 4 is 25.6 Å². The molecule has 1 N–H and O–H groups in total. The molecule has 0 aliphatic heterocycles. The standard InChI is InChI=1S/C9H8O3Se/c10-8(11)6-13-9(12)7-4-2-1-3-5-7/h1-5H,6H2,(H,10,11). The van der Waals surface area contributed by atoms with Gasteiger partial charge >= 0.3 is 81.5 Å². The van der Waals surface area contributed by atoms with E-state index in [4.69, 9.17) is 5.11 Å². The summed E-state index contributed by atoms with van der Waals surface area (Å²) in [6.07, 6.45) is 0. The summed E-state index contributed by atoms with van der Waals surface area (Å²) >= 11 is -0.479. The number of hydrogen-bond donors (Lipinski definition) is 1. The van der Waals surface area contributed by atoms with E-state index in [-0.39, 0.29) is 10.0 Å². The predicted molar refractivity (Wildman–Crippen MR) is 49.0 cm³/mol. The first-order valence-corrected chi connectivity index (χ1v) is 5.71. The number of carbonyl (C=O) groups excluding carboxylic acids is 1. The summed E-state index contributed by atoms with van der Waals surface area (Å²) in [6.45, 7) is 0. The van der Waals surface area contributed by atoms with Crippen LogP contribution in [-0.4, -0.2) is 30.7 Å². The molecule has 0 atom stereocenters. The Labute approximate surface area is 81.9 Å². The van der Waals surface area contributed by atoms with Crippen molar-refractivity contribution in [3.8, 4) is 0 Å². The van der Waals surface area contributed by atoms with Crippen LogP contribution >= 0.6 is 0 Å². The molecule has 0 heterocycles. The fraction of sp³-hybridized carbons (Fsp3) is 0.111. The summed E-state index contributed by atoms with van der Waals surface area (Å²) < 4.78 is -0.0597. The van der Waals surface area contributed by atoms with Crippen molar-refractivity contribution in [1.29, 1.82) is 0 Å². The first-order chi connectivity index (χ1) is 6.20. The Morgan fingerprint density at radius 1 is 1.23 bits per heavy atom. The average Bonchev–Trinajstić information content (AvgIpc) is 2.15. The molecule has 1 aromatic rings. The van der Waals surface area contributed by atoms with Gasteiger partial charge in [0.15, 0.2) is 0 Å². The maximum atomic E-state index is 11.3. The summed E-state index contributed by atoms with van der Waals surface area (Å²) in [5, 5.41) is 8.33. The number of carboxylic acid groups (broad SMARTS) is 1. The average molecular weight is 243 g/mol. The zero-order valence-corrected chi connectivity index (χ0v) is 8.48. The normalized spacial score (nSPS) is 9.54. The van der Waals surface area contributed by atoms with Gasteiger partial charge in [-0.1, -0.05) is 0 Å². The van der Waals surface area contributed by atoms with Crippen molar-refractivity contribution < 1.29 is 14.7 Å². The van der Waals surface area contributed by atoms with Crippen LogP contribution in [0.1, 0.15) is 10.4 Å². The van der Waals surface area contributed by atoms with Crippen LogP contribution in [0.3, 0.4) is 0 Å². The second-order valence-electron chi connectivity index (χ2n) is 2.34. The Morgan fingerprint density at radius 2 is 1.85 bits per heavy atom. The van der Waals surface area contributed by atoms with E-state index in [1.165, 1.54) is 0 Å². The Balaban J connectivity index is 2.54. The van der Waals surface area contributed by atoms with Gasteiger partial charge in [0.05, 0.1) is 0 Å². The van der Waals surface area contributed by atoms with Gasteiger partial charge in [0, 0.05) is 0 Å². The molecular formula is C9H8O3Se. The minimum atomic E-state index is -0.913. The van der Waals surface area contributed by atoms with Crippen LogP contribution in [0, 0.1) is 0 Å². The molecule has 13 heavy (non-hydrogen) atoms. The van der Waals surface area contributed by atoms with Gasteiger partial charge in [0.25, 0.3) is 0 Å². The van der Waals surface area contributed by atoms with Crippen molar-refractivity contribution in [2.24, 2.45) is 0 Å². The van der Waals surface area contributed by atoms with Crippen LogP contribution in [0.2, 0.25) is 5.32 Å². The third-order valence-corrected chi connectivity index (χ3v) is 3.20. The second-order valence-corrected chi connectivity index (χ2v) is 4.33. The molecule has 0 aliphatic rings. The van der Waals surface area contributed by atoms with Crippen LogP contribution in [0.25, 0.3) is 0 Å². The third kappa shape index (κ3) is 3.40. The van der Waals surface area contributed by atoms with Gasteiger partial charge in [-0.2, -0.15) is 0 Å². The molecule has 0 spiro atoms. The Bertz CT molecular complexity index is 308. The van der Waals surface area contributed by atoms with Crippen molar-refractivity contribution in [2.45, 2.75) is 5.32 Å². The van der Waals surface area contributed by atoms with E-state index in [0.29, 0.717) is 5.56 Å². The quantitative estimate of drug-likeness (QED) is 0.803. The second kappa shape index (κ2) is 4.80. The van der Waals surface area contributed by atoms with Crippen molar-refractivity contribution in [2.75, 3.05) is 0 Å². The maximum absolute atomic E-state index is 11.3. The SMILES string of the molecule is O=C(O)C[Se]C(=O)c1ccccc1. The van der Waals surface area contributed by atoms with E-state index in [1.807, 2.05) is 6.07 Å². The van der Waals surface area contributed by atoms with E-state index < -0.39 is 20.9 Å². The molecule has 0 radical (unpaired) electrons.